The number of ether oxygens (including phenoxy) is 1. The van der Waals surface area contributed by atoms with Crippen molar-refractivity contribution >= 4 is 11.7 Å². The van der Waals surface area contributed by atoms with Crippen molar-refractivity contribution in [1.82, 2.24) is 5.32 Å². The first-order valence-electron chi connectivity index (χ1n) is 7.94. The number of piperidine rings is 1. The van der Waals surface area contributed by atoms with Crippen molar-refractivity contribution in [2.75, 3.05) is 12.4 Å². The number of benzene rings is 1. The number of halogens is 3. The van der Waals surface area contributed by atoms with Crippen LogP contribution in [0.3, 0.4) is 0 Å². The predicted molar refractivity (Wildman–Crippen MR) is 86.2 cm³/mol. The summed E-state index contributed by atoms with van der Waals surface area (Å²) in [5.74, 6) is -0.770. The lowest BCUT2D eigenvalue weighted by Gasteiger charge is -2.34. The van der Waals surface area contributed by atoms with E-state index in [1.54, 1.807) is 6.92 Å². The van der Waals surface area contributed by atoms with Crippen LogP contribution in [0.1, 0.15) is 48.2 Å². The molecule has 1 saturated heterocycles. The van der Waals surface area contributed by atoms with E-state index < -0.39 is 17.7 Å². The fourth-order valence-corrected chi connectivity index (χ4v) is 3.26. The zero-order valence-corrected chi connectivity index (χ0v) is 14.3. The standard InChI is InChI=1S/C17H23F3N2O2/c1-9-5-13(6-10(2)21-9)22-15-8-12(17(18,19)20)7-14(11(15)3)16(23)24-4/h7-10,13,21-22H,5-6H2,1-4H3/t9-,10+,13?. The van der Waals surface area contributed by atoms with Crippen LogP contribution in [0.2, 0.25) is 0 Å². The molecule has 1 aromatic carbocycles. The van der Waals surface area contributed by atoms with Crippen molar-refractivity contribution < 1.29 is 22.7 Å². The van der Waals surface area contributed by atoms with Crippen molar-refractivity contribution in [3.8, 4) is 0 Å². The Morgan fingerprint density at radius 2 is 1.83 bits per heavy atom. The van der Waals surface area contributed by atoms with Gasteiger partial charge in [0.1, 0.15) is 0 Å². The number of anilines is 1. The molecule has 1 heterocycles. The van der Waals surface area contributed by atoms with Crippen LogP contribution in [0.5, 0.6) is 0 Å². The maximum Gasteiger partial charge on any atom is 0.416 e. The molecule has 0 aromatic heterocycles. The van der Waals surface area contributed by atoms with E-state index in [1.807, 2.05) is 13.8 Å². The van der Waals surface area contributed by atoms with Gasteiger partial charge in [-0.1, -0.05) is 0 Å². The number of carbonyl (C=O) groups excluding carboxylic acids is 1. The Hall–Kier alpha value is -1.76. The van der Waals surface area contributed by atoms with Gasteiger partial charge in [0, 0.05) is 23.8 Å². The van der Waals surface area contributed by atoms with Crippen LogP contribution in [0.25, 0.3) is 0 Å². The lowest BCUT2D eigenvalue weighted by atomic mass is 9.94. The molecule has 0 radical (unpaired) electrons. The highest BCUT2D eigenvalue weighted by Gasteiger charge is 2.33. The Balaban J connectivity index is 2.39. The summed E-state index contributed by atoms with van der Waals surface area (Å²) in [4.78, 5) is 11.8. The second kappa shape index (κ2) is 7.01. The van der Waals surface area contributed by atoms with Gasteiger partial charge in [-0.25, -0.2) is 4.79 Å². The fraction of sp³-hybridized carbons (Fsp3) is 0.588. The molecule has 0 saturated carbocycles. The molecule has 134 valence electrons. The molecule has 1 unspecified atom stereocenters. The highest BCUT2D eigenvalue weighted by atomic mass is 19.4. The average Bonchev–Trinajstić information content (AvgIpc) is 2.46. The van der Waals surface area contributed by atoms with Crippen LogP contribution in [-0.4, -0.2) is 31.2 Å². The number of alkyl halides is 3. The lowest BCUT2D eigenvalue weighted by molar-refractivity contribution is -0.137. The molecule has 0 spiro atoms. The Morgan fingerprint density at radius 3 is 2.33 bits per heavy atom. The SMILES string of the molecule is COC(=O)c1cc(C(F)(F)F)cc(NC2C[C@@H](C)N[C@@H](C)C2)c1C. The summed E-state index contributed by atoms with van der Waals surface area (Å²) in [7, 11) is 1.16. The number of nitrogens with one attached hydrogen (secondary N) is 2. The molecular formula is C17H23F3N2O2. The Labute approximate surface area is 139 Å². The van der Waals surface area contributed by atoms with Gasteiger partial charge >= 0.3 is 12.1 Å². The van der Waals surface area contributed by atoms with Crippen molar-refractivity contribution in [2.45, 2.75) is 57.9 Å². The molecular weight excluding hydrogens is 321 g/mol. The molecule has 4 nitrogen and oxygen atoms in total. The van der Waals surface area contributed by atoms with Gasteiger partial charge in [0.05, 0.1) is 18.2 Å². The van der Waals surface area contributed by atoms with Gasteiger partial charge in [0.25, 0.3) is 0 Å². The van der Waals surface area contributed by atoms with Gasteiger partial charge in [-0.2, -0.15) is 13.2 Å². The van der Waals surface area contributed by atoms with E-state index in [0.717, 1.165) is 32.1 Å². The van der Waals surface area contributed by atoms with Crippen LogP contribution in [-0.2, 0) is 10.9 Å². The maximum atomic E-state index is 13.2. The monoisotopic (exact) mass is 344 g/mol. The molecule has 1 aliphatic rings. The topological polar surface area (TPSA) is 50.4 Å². The van der Waals surface area contributed by atoms with Crippen LogP contribution in [0.4, 0.5) is 18.9 Å². The molecule has 0 aliphatic carbocycles. The summed E-state index contributed by atoms with van der Waals surface area (Å²) < 4.78 is 44.1. The number of esters is 1. The largest absolute Gasteiger partial charge is 0.465 e. The summed E-state index contributed by atoms with van der Waals surface area (Å²) >= 11 is 0. The first-order valence-corrected chi connectivity index (χ1v) is 7.94. The molecule has 7 heteroatoms. The van der Waals surface area contributed by atoms with Gasteiger partial charge in [0.15, 0.2) is 0 Å². The number of carbonyl (C=O) groups is 1. The smallest absolute Gasteiger partial charge is 0.416 e. The number of methoxy groups -OCH3 is 1. The van der Waals surface area contributed by atoms with Crippen molar-refractivity contribution in [2.24, 2.45) is 0 Å². The number of hydrogen-bond donors (Lipinski definition) is 2. The third-order valence-electron chi connectivity index (χ3n) is 4.35. The predicted octanol–water partition coefficient (Wildman–Crippen LogP) is 3.74. The highest BCUT2D eigenvalue weighted by Crippen LogP contribution is 2.35. The van der Waals surface area contributed by atoms with Gasteiger partial charge < -0.3 is 15.4 Å². The van der Waals surface area contributed by atoms with Gasteiger partial charge in [-0.05, 0) is 51.3 Å². The highest BCUT2D eigenvalue weighted by molar-refractivity contribution is 5.93. The van der Waals surface area contributed by atoms with Gasteiger partial charge in [-0.3, -0.25) is 0 Å². The summed E-state index contributed by atoms with van der Waals surface area (Å²) in [6.07, 6.45) is -2.93. The second-order valence-corrected chi connectivity index (χ2v) is 6.47. The van der Waals surface area contributed by atoms with E-state index in [1.165, 1.54) is 0 Å². The average molecular weight is 344 g/mol. The fourth-order valence-electron chi connectivity index (χ4n) is 3.26. The minimum absolute atomic E-state index is 0.0453. The van der Waals surface area contributed by atoms with Crippen LogP contribution >= 0.6 is 0 Å². The minimum atomic E-state index is -4.53. The molecule has 24 heavy (non-hydrogen) atoms. The van der Waals surface area contributed by atoms with E-state index in [-0.39, 0.29) is 23.7 Å². The number of rotatable bonds is 3. The normalized spacial score (nSPS) is 24.5. The van der Waals surface area contributed by atoms with E-state index in [0.29, 0.717) is 11.3 Å². The zero-order valence-electron chi connectivity index (χ0n) is 14.3. The van der Waals surface area contributed by atoms with E-state index >= 15 is 0 Å². The Bertz CT molecular complexity index is 607. The van der Waals surface area contributed by atoms with Gasteiger partial charge in [-0.15, -0.1) is 0 Å². The molecule has 0 bridgehead atoms. The molecule has 2 N–H and O–H groups in total. The number of hydrogen-bond acceptors (Lipinski definition) is 4. The van der Waals surface area contributed by atoms with Crippen molar-refractivity contribution in [3.05, 3.63) is 28.8 Å². The Kier molecular flexibility index (Phi) is 5.42. The molecule has 0 amide bonds. The summed E-state index contributed by atoms with van der Waals surface area (Å²) in [6.45, 7) is 5.72. The zero-order chi connectivity index (χ0) is 18.1. The van der Waals surface area contributed by atoms with Crippen LogP contribution in [0.15, 0.2) is 12.1 Å². The van der Waals surface area contributed by atoms with E-state index in [2.05, 4.69) is 15.4 Å². The second-order valence-electron chi connectivity index (χ2n) is 6.47. The summed E-state index contributed by atoms with van der Waals surface area (Å²) in [6, 6.07) is 2.51. The third-order valence-corrected chi connectivity index (χ3v) is 4.35. The molecule has 1 aliphatic heterocycles. The molecule has 1 aromatic rings. The molecule has 3 atom stereocenters. The molecule has 2 rings (SSSR count). The summed E-state index contributed by atoms with van der Waals surface area (Å²) in [5, 5.41) is 6.58. The first-order chi connectivity index (χ1) is 11.1. The summed E-state index contributed by atoms with van der Waals surface area (Å²) in [5.41, 5.74) is -0.124. The van der Waals surface area contributed by atoms with Crippen molar-refractivity contribution in [3.63, 3.8) is 0 Å². The molecule has 1 fully saturated rings. The van der Waals surface area contributed by atoms with Crippen LogP contribution < -0.4 is 10.6 Å². The quantitative estimate of drug-likeness (QED) is 0.820. The van der Waals surface area contributed by atoms with E-state index in [4.69, 9.17) is 0 Å². The third kappa shape index (κ3) is 4.20. The Morgan fingerprint density at radius 1 is 1.25 bits per heavy atom. The minimum Gasteiger partial charge on any atom is -0.465 e. The maximum absolute atomic E-state index is 13.2. The van der Waals surface area contributed by atoms with Gasteiger partial charge in [0.2, 0.25) is 0 Å². The van der Waals surface area contributed by atoms with Crippen LogP contribution in [0, 0.1) is 6.92 Å². The van der Waals surface area contributed by atoms with E-state index in [9.17, 15) is 18.0 Å². The lowest BCUT2D eigenvalue weighted by Crippen LogP contribution is -2.46. The van der Waals surface area contributed by atoms with Crippen molar-refractivity contribution in [1.29, 1.82) is 0 Å². The first kappa shape index (κ1) is 18.6.